The zero-order valence-corrected chi connectivity index (χ0v) is 18.7. The van der Waals surface area contributed by atoms with Gasteiger partial charge in [-0.15, -0.1) is 0 Å². The maximum atomic E-state index is 4.61. The van der Waals surface area contributed by atoms with Gasteiger partial charge in [-0.05, 0) is 65.7 Å². The van der Waals surface area contributed by atoms with E-state index in [0.29, 0.717) is 0 Å². The van der Waals surface area contributed by atoms with Crippen molar-refractivity contribution in [2.75, 3.05) is 0 Å². The van der Waals surface area contributed by atoms with Crippen LogP contribution in [0.25, 0.3) is 50.0 Å². The predicted molar refractivity (Wildman–Crippen MR) is 135 cm³/mol. The molecular formula is C28H18BrN3. The zero-order chi connectivity index (χ0) is 21.5. The second kappa shape index (κ2) is 7.74. The molecular weight excluding hydrogens is 458 g/mol. The van der Waals surface area contributed by atoms with E-state index in [9.17, 15) is 0 Å². The van der Waals surface area contributed by atoms with E-state index in [-0.39, 0.29) is 0 Å². The molecule has 0 bridgehead atoms. The Kier molecular flexibility index (Phi) is 4.58. The first kappa shape index (κ1) is 19.0. The van der Waals surface area contributed by atoms with Gasteiger partial charge in [-0.3, -0.25) is 9.55 Å². The van der Waals surface area contributed by atoms with Crippen LogP contribution in [-0.2, 0) is 0 Å². The van der Waals surface area contributed by atoms with Crippen molar-refractivity contribution in [3.63, 3.8) is 0 Å². The van der Waals surface area contributed by atoms with Gasteiger partial charge in [0, 0.05) is 33.2 Å². The summed E-state index contributed by atoms with van der Waals surface area (Å²) in [4.78, 5) is 9.06. The molecule has 0 fully saturated rings. The van der Waals surface area contributed by atoms with E-state index >= 15 is 0 Å². The van der Waals surface area contributed by atoms with E-state index in [2.05, 4.69) is 91.1 Å². The van der Waals surface area contributed by atoms with Gasteiger partial charge in [-0.1, -0.05) is 58.4 Å². The summed E-state index contributed by atoms with van der Waals surface area (Å²) in [5.41, 5.74) is 6.75. The van der Waals surface area contributed by atoms with Gasteiger partial charge >= 0.3 is 0 Å². The average Bonchev–Trinajstić information content (AvgIpc) is 3.18. The molecule has 3 heterocycles. The highest BCUT2D eigenvalue weighted by Crippen LogP contribution is 2.36. The number of benzene rings is 3. The number of rotatable bonds is 3. The molecule has 0 amide bonds. The number of hydrogen-bond acceptors (Lipinski definition) is 2. The summed E-state index contributed by atoms with van der Waals surface area (Å²) in [6.45, 7) is 0. The van der Waals surface area contributed by atoms with Crippen molar-refractivity contribution in [3.05, 3.63) is 114 Å². The van der Waals surface area contributed by atoms with E-state index in [1.54, 1.807) is 0 Å². The summed E-state index contributed by atoms with van der Waals surface area (Å²) in [5, 5.41) is 2.41. The lowest BCUT2D eigenvalue weighted by atomic mass is 10.0. The second-order valence-electron chi connectivity index (χ2n) is 7.71. The fourth-order valence-corrected chi connectivity index (χ4v) is 4.64. The first-order chi connectivity index (χ1) is 15.8. The van der Waals surface area contributed by atoms with Crippen LogP contribution in [0.15, 0.2) is 114 Å². The largest absolute Gasteiger partial charge is 0.294 e. The van der Waals surface area contributed by atoms with Crippen LogP contribution >= 0.6 is 15.9 Å². The fourth-order valence-electron chi connectivity index (χ4n) is 4.27. The van der Waals surface area contributed by atoms with E-state index in [1.807, 2.05) is 48.8 Å². The van der Waals surface area contributed by atoms with Gasteiger partial charge in [0.15, 0.2) is 0 Å². The van der Waals surface area contributed by atoms with Crippen molar-refractivity contribution in [2.24, 2.45) is 0 Å². The Hall–Kier alpha value is -3.76. The minimum Gasteiger partial charge on any atom is -0.294 e. The zero-order valence-electron chi connectivity index (χ0n) is 17.1. The van der Waals surface area contributed by atoms with Gasteiger partial charge in [-0.2, -0.15) is 0 Å². The molecule has 3 aromatic carbocycles. The highest BCUT2D eigenvalue weighted by molar-refractivity contribution is 9.10. The molecule has 0 aliphatic rings. The Labute approximate surface area is 194 Å². The molecule has 0 radical (unpaired) electrons. The molecule has 152 valence electrons. The number of halogens is 1. The summed E-state index contributed by atoms with van der Waals surface area (Å²) in [6.07, 6.45) is 3.66. The van der Waals surface area contributed by atoms with Crippen LogP contribution < -0.4 is 0 Å². The molecule has 0 atom stereocenters. The molecule has 4 heteroatoms. The molecule has 3 nitrogen and oxygen atoms in total. The van der Waals surface area contributed by atoms with Gasteiger partial charge in [0.1, 0.15) is 5.82 Å². The average molecular weight is 476 g/mol. The summed E-state index contributed by atoms with van der Waals surface area (Å²) < 4.78 is 3.29. The summed E-state index contributed by atoms with van der Waals surface area (Å²) in [6, 6.07) is 33.7. The van der Waals surface area contributed by atoms with Crippen LogP contribution in [-0.4, -0.2) is 14.5 Å². The van der Waals surface area contributed by atoms with E-state index in [0.717, 1.165) is 32.6 Å². The van der Waals surface area contributed by atoms with Gasteiger partial charge in [0.25, 0.3) is 0 Å². The van der Waals surface area contributed by atoms with Crippen LogP contribution in [0.3, 0.4) is 0 Å². The maximum absolute atomic E-state index is 4.61. The molecule has 6 rings (SSSR count). The highest BCUT2D eigenvalue weighted by Gasteiger charge is 2.14. The van der Waals surface area contributed by atoms with Crippen LogP contribution in [0.5, 0.6) is 0 Å². The number of aromatic nitrogens is 3. The quantitative estimate of drug-likeness (QED) is 0.262. The first-order valence-electron chi connectivity index (χ1n) is 10.4. The molecule has 0 saturated heterocycles. The molecule has 0 spiro atoms. The Morgan fingerprint density at radius 2 is 1.22 bits per heavy atom. The highest BCUT2D eigenvalue weighted by atomic mass is 79.9. The van der Waals surface area contributed by atoms with Gasteiger partial charge < -0.3 is 0 Å². The summed E-state index contributed by atoms with van der Waals surface area (Å²) in [5.74, 6) is 0.919. The third kappa shape index (κ3) is 3.20. The number of fused-ring (bicyclic) bond motifs is 3. The third-order valence-electron chi connectivity index (χ3n) is 5.78. The molecule has 0 unspecified atom stereocenters. The number of pyridine rings is 2. The van der Waals surface area contributed by atoms with Crippen molar-refractivity contribution >= 4 is 37.7 Å². The molecule has 0 saturated carbocycles. The van der Waals surface area contributed by atoms with Crippen LogP contribution in [0.2, 0.25) is 0 Å². The van der Waals surface area contributed by atoms with E-state index < -0.39 is 0 Å². The Bertz CT molecular complexity index is 1550. The normalized spacial score (nSPS) is 11.3. The first-order valence-corrected chi connectivity index (χ1v) is 11.2. The van der Waals surface area contributed by atoms with Gasteiger partial charge in [0.2, 0.25) is 0 Å². The summed E-state index contributed by atoms with van der Waals surface area (Å²) >= 11 is 3.65. The van der Waals surface area contributed by atoms with Crippen LogP contribution in [0, 0.1) is 0 Å². The van der Waals surface area contributed by atoms with Crippen molar-refractivity contribution in [2.45, 2.75) is 0 Å². The van der Waals surface area contributed by atoms with Crippen molar-refractivity contribution < 1.29 is 0 Å². The molecule has 3 aromatic heterocycles. The lowest BCUT2D eigenvalue weighted by Gasteiger charge is -2.07. The van der Waals surface area contributed by atoms with Crippen molar-refractivity contribution in [3.8, 4) is 28.2 Å². The minimum absolute atomic E-state index is 0.919. The summed E-state index contributed by atoms with van der Waals surface area (Å²) in [7, 11) is 0. The second-order valence-corrected chi connectivity index (χ2v) is 8.62. The van der Waals surface area contributed by atoms with Gasteiger partial charge in [0.05, 0.1) is 16.7 Å². The van der Waals surface area contributed by atoms with E-state index in [1.165, 1.54) is 21.9 Å². The number of nitrogens with zero attached hydrogens (tertiary/aromatic N) is 3. The topological polar surface area (TPSA) is 30.7 Å². The SMILES string of the molecule is Brc1ccc2c(c1)c1cc(-c3ccc(-c4ccccn4)cc3)ccc1n2-c1ccccn1. The lowest BCUT2D eigenvalue weighted by molar-refractivity contribution is 1.08. The minimum atomic E-state index is 0.919. The smallest absolute Gasteiger partial charge is 0.137 e. The van der Waals surface area contributed by atoms with E-state index in [4.69, 9.17) is 0 Å². The number of hydrogen-bond donors (Lipinski definition) is 0. The van der Waals surface area contributed by atoms with Crippen molar-refractivity contribution in [1.82, 2.24) is 14.5 Å². The Balaban J connectivity index is 1.52. The standard InChI is InChI=1S/C28H18BrN3/c29-22-12-14-27-24(18-22)23-17-21(11-13-26(23)32(27)28-6-2-4-16-31-28)19-7-9-20(10-8-19)25-5-1-3-15-30-25/h1-18H. The predicted octanol–water partition coefficient (Wildman–Crippen LogP) is 7.67. The van der Waals surface area contributed by atoms with Crippen molar-refractivity contribution in [1.29, 1.82) is 0 Å². The van der Waals surface area contributed by atoms with Crippen LogP contribution in [0.4, 0.5) is 0 Å². The molecule has 6 aromatic rings. The Morgan fingerprint density at radius 3 is 1.94 bits per heavy atom. The molecule has 0 aliphatic heterocycles. The van der Waals surface area contributed by atoms with Gasteiger partial charge in [-0.25, -0.2) is 4.98 Å². The molecule has 0 aliphatic carbocycles. The van der Waals surface area contributed by atoms with Crippen LogP contribution in [0.1, 0.15) is 0 Å². The Morgan fingerprint density at radius 1 is 0.562 bits per heavy atom. The fraction of sp³-hybridized carbons (Fsp3) is 0. The maximum Gasteiger partial charge on any atom is 0.137 e. The molecule has 32 heavy (non-hydrogen) atoms. The third-order valence-corrected chi connectivity index (χ3v) is 6.28. The monoisotopic (exact) mass is 475 g/mol. The lowest BCUT2D eigenvalue weighted by Crippen LogP contribution is -1.96. The molecule has 0 N–H and O–H groups in total.